The average Bonchev–Trinajstić information content (AvgIpc) is 3.25. The van der Waals surface area contributed by atoms with E-state index >= 15 is 0 Å². The van der Waals surface area contributed by atoms with Crippen LogP contribution in [-0.4, -0.2) is 9.13 Å². The van der Waals surface area contributed by atoms with Crippen LogP contribution >= 0.6 is 0 Å². The van der Waals surface area contributed by atoms with Crippen molar-refractivity contribution in [2.75, 3.05) is 0 Å². The van der Waals surface area contributed by atoms with E-state index in [0.29, 0.717) is 0 Å². The molecule has 0 aliphatic rings. The first-order valence-electron chi connectivity index (χ1n) is 9.20. The Morgan fingerprint density at radius 3 is 1.33 bits per heavy atom. The van der Waals surface area contributed by atoms with Crippen LogP contribution in [0.2, 0.25) is 0 Å². The van der Waals surface area contributed by atoms with E-state index in [1.54, 1.807) is 0 Å². The lowest BCUT2D eigenvalue weighted by atomic mass is 10.1. The summed E-state index contributed by atoms with van der Waals surface area (Å²) in [7, 11) is 0. The molecule has 2 aromatic heterocycles. The quantitative estimate of drug-likeness (QED) is 0.392. The van der Waals surface area contributed by atoms with Gasteiger partial charge in [0.1, 0.15) is 24.8 Å². The van der Waals surface area contributed by atoms with E-state index < -0.39 is 0 Å². The molecule has 0 fully saturated rings. The van der Waals surface area contributed by atoms with Crippen LogP contribution < -0.4 is 9.13 Å². The van der Waals surface area contributed by atoms with Gasteiger partial charge >= 0.3 is 0 Å². The van der Waals surface area contributed by atoms with Crippen LogP contribution in [0.15, 0.2) is 50.6 Å². The van der Waals surface area contributed by atoms with Crippen LogP contribution in [0.4, 0.5) is 0 Å². The first-order valence-corrected chi connectivity index (χ1v) is 9.20. The molecule has 2 rings (SSSR count). The second-order valence-corrected chi connectivity index (χ2v) is 6.39. The highest BCUT2D eigenvalue weighted by Gasteiger charge is 2.01. The van der Waals surface area contributed by atoms with Crippen LogP contribution in [0.3, 0.4) is 0 Å². The standard InChI is InChI=1S/C20H32N4/c1-3-21-15-17-23(19-21)13-11-9-7-5-6-8-10-12-14-24-18-16-22(4-2)20-24/h3-4,15-20H,1-2,5-14H2/q+2. The second kappa shape index (κ2) is 10.6. The molecule has 0 N–H and O–H groups in total. The molecule has 0 spiro atoms. The Morgan fingerprint density at radius 1 is 0.625 bits per heavy atom. The summed E-state index contributed by atoms with van der Waals surface area (Å²) < 4.78 is 8.45. The van der Waals surface area contributed by atoms with E-state index in [2.05, 4.69) is 47.3 Å². The van der Waals surface area contributed by atoms with E-state index in [1.807, 2.05) is 33.9 Å². The van der Waals surface area contributed by atoms with Gasteiger partial charge in [-0.25, -0.2) is 18.3 Å². The lowest BCUT2D eigenvalue weighted by molar-refractivity contribution is -0.696. The Bertz CT molecular complexity index is 554. The highest BCUT2D eigenvalue weighted by atomic mass is 15.1. The van der Waals surface area contributed by atoms with Crippen LogP contribution in [0.1, 0.15) is 51.4 Å². The normalized spacial score (nSPS) is 10.8. The second-order valence-electron chi connectivity index (χ2n) is 6.39. The number of nitrogens with zero attached hydrogens (tertiary/aromatic N) is 4. The molecule has 0 bridgehead atoms. The smallest absolute Gasteiger partial charge is 0.236 e. The largest absolute Gasteiger partial charge is 0.248 e. The third kappa shape index (κ3) is 6.57. The van der Waals surface area contributed by atoms with Gasteiger partial charge in [-0.3, -0.25) is 0 Å². The molecule has 4 heteroatoms. The summed E-state index contributed by atoms with van der Waals surface area (Å²) in [6.45, 7) is 9.75. The average molecular weight is 329 g/mol. The van der Waals surface area contributed by atoms with Crippen LogP contribution in [-0.2, 0) is 13.1 Å². The number of aryl methyl sites for hydroxylation is 2. The molecule has 2 aromatic rings. The van der Waals surface area contributed by atoms with Crippen molar-refractivity contribution in [3.8, 4) is 0 Å². The molecule has 0 aliphatic heterocycles. The fraction of sp³-hybridized carbons (Fsp3) is 0.500. The molecule has 24 heavy (non-hydrogen) atoms. The van der Waals surface area contributed by atoms with Gasteiger partial charge in [0.15, 0.2) is 0 Å². The van der Waals surface area contributed by atoms with E-state index in [9.17, 15) is 0 Å². The molecule has 0 atom stereocenters. The van der Waals surface area contributed by atoms with Crippen molar-refractivity contribution in [2.45, 2.75) is 64.5 Å². The molecule has 0 aliphatic carbocycles. The highest BCUT2D eigenvalue weighted by Crippen LogP contribution is 2.08. The maximum Gasteiger partial charge on any atom is 0.248 e. The van der Waals surface area contributed by atoms with Crippen molar-refractivity contribution in [3.05, 3.63) is 50.6 Å². The first kappa shape index (κ1) is 18.2. The van der Waals surface area contributed by atoms with Crippen LogP contribution in [0.5, 0.6) is 0 Å². The Hall–Kier alpha value is -2.10. The van der Waals surface area contributed by atoms with Gasteiger partial charge < -0.3 is 0 Å². The fourth-order valence-corrected chi connectivity index (χ4v) is 2.95. The Balaban J connectivity index is 1.40. The zero-order valence-corrected chi connectivity index (χ0v) is 14.9. The Labute approximate surface area is 146 Å². The molecule has 0 aromatic carbocycles. The molecule has 130 valence electrons. The van der Waals surface area contributed by atoms with Gasteiger partial charge in [-0.15, -0.1) is 0 Å². The SMILES string of the molecule is C=Cn1cc[n+](CCCCCCCCCC[n+]2ccn(C=C)c2)c1. The van der Waals surface area contributed by atoms with Gasteiger partial charge in [-0.2, -0.15) is 0 Å². The summed E-state index contributed by atoms with van der Waals surface area (Å²) in [5.74, 6) is 0. The maximum absolute atomic E-state index is 3.76. The van der Waals surface area contributed by atoms with Gasteiger partial charge in [0.05, 0.1) is 25.5 Å². The zero-order valence-electron chi connectivity index (χ0n) is 14.9. The van der Waals surface area contributed by atoms with Crippen molar-refractivity contribution in [1.82, 2.24) is 9.13 Å². The number of imidazole rings is 2. The maximum atomic E-state index is 3.76. The molecular weight excluding hydrogens is 296 g/mol. The summed E-state index contributed by atoms with van der Waals surface area (Å²) in [4.78, 5) is 0. The van der Waals surface area contributed by atoms with Crippen molar-refractivity contribution in [1.29, 1.82) is 0 Å². The predicted octanol–water partition coefficient (Wildman–Crippen LogP) is 3.89. The lowest BCUT2D eigenvalue weighted by Crippen LogP contribution is -2.30. The van der Waals surface area contributed by atoms with Crippen molar-refractivity contribution >= 4 is 12.4 Å². The predicted molar refractivity (Wildman–Crippen MR) is 99.0 cm³/mol. The van der Waals surface area contributed by atoms with Gasteiger partial charge in [0.2, 0.25) is 12.7 Å². The Kier molecular flexibility index (Phi) is 8.08. The number of unbranched alkanes of at least 4 members (excludes halogenated alkanes) is 7. The van der Waals surface area contributed by atoms with Crippen molar-refractivity contribution in [2.24, 2.45) is 0 Å². The summed E-state index contributed by atoms with van der Waals surface area (Å²) in [6.07, 6.45) is 26.8. The number of hydrogen-bond donors (Lipinski definition) is 0. The summed E-state index contributed by atoms with van der Waals surface area (Å²) in [5.41, 5.74) is 0. The minimum Gasteiger partial charge on any atom is -0.236 e. The summed E-state index contributed by atoms with van der Waals surface area (Å²) >= 11 is 0. The molecule has 0 saturated carbocycles. The number of hydrogen-bond acceptors (Lipinski definition) is 0. The number of aromatic nitrogens is 4. The number of rotatable bonds is 13. The van der Waals surface area contributed by atoms with E-state index in [1.165, 1.54) is 51.4 Å². The van der Waals surface area contributed by atoms with Crippen molar-refractivity contribution < 1.29 is 9.13 Å². The third-order valence-corrected chi connectivity index (χ3v) is 4.43. The molecule has 0 radical (unpaired) electrons. The molecule has 0 unspecified atom stereocenters. The van der Waals surface area contributed by atoms with Crippen LogP contribution in [0, 0.1) is 0 Å². The molecule has 2 heterocycles. The monoisotopic (exact) mass is 328 g/mol. The molecule has 0 amide bonds. The van der Waals surface area contributed by atoms with E-state index in [0.717, 1.165) is 13.1 Å². The zero-order chi connectivity index (χ0) is 17.0. The minimum absolute atomic E-state index is 1.11. The molecular formula is C20H32N4+2. The first-order chi connectivity index (χ1) is 11.8. The van der Waals surface area contributed by atoms with Crippen LogP contribution in [0.25, 0.3) is 12.4 Å². The Morgan fingerprint density at radius 2 is 1.00 bits per heavy atom. The van der Waals surface area contributed by atoms with Gasteiger partial charge in [-0.05, 0) is 25.7 Å². The van der Waals surface area contributed by atoms with Gasteiger partial charge in [-0.1, -0.05) is 38.8 Å². The van der Waals surface area contributed by atoms with Crippen molar-refractivity contribution in [3.63, 3.8) is 0 Å². The van der Waals surface area contributed by atoms with Gasteiger partial charge in [0.25, 0.3) is 0 Å². The molecule has 4 nitrogen and oxygen atoms in total. The minimum atomic E-state index is 1.11. The fourth-order valence-electron chi connectivity index (χ4n) is 2.95. The topological polar surface area (TPSA) is 17.6 Å². The highest BCUT2D eigenvalue weighted by molar-refractivity contribution is 5.13. The third-order valence-electron chi connectivity index (χ3n) is 4.43. The summed E-state index contributed by atoms with van der Waals surface area (Å²) in [6, 6.07) is 0. The van der Waals surface area contributed by atoms with Gasteiger partial charge in [0, 0.05) is 0 Å². The van der Waals surface area contributed by atoms with E-state index in [-0.39, 0.29) is 0 Å². The summed E-state index contributed by atoms with van der Waals surface area (Å²) in [5, 5.41) is 0. The molecule has 0 saturated heterocycles. The lowest BCUT2D eigenvalue weighted by Gasteiger charge is -2.01. The van der Waals surface area contributed by atoms with E-state index in [4.69, 9.17) is 0 Å².